The van der Waals surface area contributed by atoms with Crippen molar-refractivity contribution in [3.05, 3.63) is 53.9 Å². The van der Waals surface area contributed by atoms with Gasteiger partial charge in [-0.3, -0.25) is 4.98 Å². The highest BCUT2D eigenvalue weighted by atomic mass is 32.2. The lowest BCUT2D eigenvalue weighted by atomic mass is 10.1. The number of aryl methyl sites for hydroxylation is 1. The van der Waals surface area contributed by atoms with E-state index < -0.39 is 9.84 Å². The average molecular weight is 300 g/mol. The van der Waals surface area contributed by atoms with Crippen LogP contribution in [-0.2, 0) is 15.6 Å². The second-order valence-electron chi connectivity index (χ2n) is 5.37. The van der Waals surface area contributed by atoms with Crippen LogP contribution in [0.4, 0.5) is 0 Å². The average Bonchev–Trinajstić information content (AvgIpc) is 2.81. The highest BCUT2D eigenvalue weighted by Gasteiger charge is 2.09. The monoisotopic (exact) mass is 300 g/mol. The minimum absolute atomic E-state index is 0.0211. The third kappa shape index (κ3) is 2.97. The first-order valence-electron chi connectivity index (χ1n) is 6.63. The number of rotatable bonds is 3. The first kappa shape index (κ1) is 13.8. The van der Waals surface area contributed by atoms with E-state index in [9.17, 15) is 8.42 Å². The quantitative estimate of drug-likeness (QED) is 0.808. The van der Waals surface area contributed by atoms with Crippen LogP contribution < -0.4 is 0 Å². The normalized spacial score (nSPS) is 11.9. The molecule has 0 aliphatic rings. The van der Waals surface area contributed by atoms with Gasteiger partial charge in [-0.2, -0.15) is 0 Å². The summed E-state index contributed by atoms with van der Waals surface area (Å²) in [6.07, 6.45) is 4.79. The largest absolute Gasteiger partial charge is 0.360 e. The molecule has 1 aromatic carbocycles. The topological polar surface area (TPSA) is 62.8 Å². The molecule has 0 spiro atoms. The number of nitrogens with zero attached hydrogens (tertiary/aromatic N) is 1. The molecule has 3 aromatic rings. The summed E-state index contributed by atoms with van der Waals surface area (Å²) in [6.45, 7) is 2.05. The number of H-pyrrole nitrogens is 1. The number of pyridine rings is 1. The number of benzene rings is 1. The third-order valence-electron chi connectivity index (χ3n) is 3.37. The molecule has 0 saturated heterocycles. The maximum Gasteiger partial charge on any atom is 0.151 e. The third-order valence-corrected chi connectivity index (χ3v) is 4.22. The van der Waals surface area contributed by atoms with Gasteiger partial charge in [-0.05, 0) is 30.7 Å². The predicted octanol–water partition coefficient (Wildman–Crippen LogP) is 3.08. The van der Waals surface area contributed by atoms with E-state index in [1.165, 1.54) is 11.8 Å². The first-order valence-corrected chi connectivity index (χ1v) is 8.69. The Hall–Kier alpha value is -2.14. The fourth-order valence-electron chi connectivity index (χ4n) is 2.42. The van der Waals surface area contributed by atoms with Crippen LogP contribution in [0.15, 0.2) is 42.7 Å². The van der Waals surface area contributed by atoms with E-state index in [2.05, 4.69) is 29.0 Å². The van der Waals surface area contributed by atoms with Crippen LogP contribution in [0.3, 0.4) is 0 Å². The van der Waals surface area contributed by atoms with E-state index in [4.69, 9.17) is 0 Å². The highest BCUT2D eigenvalue weighted by molar-refractivity contribution is 7.89. The Kier molecular flexibility index (Phi) is 3.29. The maximum atomic E-state index is 11.3. The molecule has 3 rings (SSSR count). The Labute approximate surface area is 123 Å². The van der Waals surface area contributed by atoms with E-state index in [1.54, 1.807) is 6.20 Å². The molecule has 0 unspecified atom stereocenters. The first-order chi connectivity index (χ1) is 9.92. The Morgan fingerprint density at radius 1 is 1.19 bits per heavy atom. The SMILES string of the molecule is Cc1ccc2[nH]cc(-c3ccc(CS(C)(=O)=O)cn3)c2c1. The molecule has 0 amide bonds. The minimum Gasteiger partial charge on any atom is -0.360 e. The van der Waals surface area contributed by atoms with Gasteiger partial charge in [0, 0.05) is 35.1 Å². The molecule has 2 aromatic heterocycles. The van der Waals surface area contributed by atoms with Gasteiger partial charge in [-0.1, -0.05) is 17.7 Å². The molecule has 0 atom stereocenters. The summed E-state index contributed by atoms with van der Waals surface area (Å²) in [5, 5.41) is 1.12. The molecule has 0 aliphatic heterocycles. The smallest absolute Gasteiger partial charge is 0.151 e. The zero-order valence-corrected chi connectivity index (χ0v) is 12.7. The van der Waals surface area contributed by atoms with Crippen molar-refractivity contribution in [2.24, 2.45) is 0 Å². The minimum atomic E-state index is -3.03. The molecule has 4 nitrogen and oxygen atoms in total. The summed E-state index contributed by atoms with van der Waals surface area (Å²) in [4.78, 5) is 7.63. The van der Waals surface area contributed by atoms with E-state index in [-0.39, 0.29) is 5.75 Å². The molecule has 108 valence electrons. The molecule has 0 aliphatic carbocycles. The van der Waals surface area contributed by atoms with Gasteiger partial charge in [0.15, 0.2) is 9.84 Å². The van der Waals surface area contributed by atoms with Crippen molar-refractivity contribution >= 4 is 20.7 Å². The second-order valence-corrected chi connectivity index (χ2v) is 7.51. The Bertz CT molecular complexity index is 894. The lowest BCUT2D eigenvalue weighted by molar-refractivity contribution is 0.601. The lowest BCUT2D eigenvalue weighted by Gasteiger charge is -2.02. The van der Waals surface area contributed by atoms with E-state index in [1.807, 2.05) is 24.4 Å². The van der Waals surface area contributed by atoms with Crippen molar-refractivity contribution in [2.75, 3.05) is 6.26 Å². The Morgan fingerprint density at radius 3 is 2.67 bits per heavy atom. The fourth-order valence-corrected chi connectivity index (χ4v) is 3.19. The van der Waals surface area contributed by atoms with Crippen LogP contribution >= 0.6 is 0 Å². The van der Waals surface area contributed by atoms with Crippen LogP contribution in [0.5, 0.6) is 0 Å². The van der Waals surface area contributed by atoms with E-state index in [0.29, 0.717) is 5.56 Å². The molecule has 0 fully saturated rings. The van der Waals surface area contributed by atoms with Crippen LogP contribution in [-0.4, -0.2) is 24.6 Å². The number of aromatic amines is 1. The van der Waals surface area contributed by atoms with Gasteiger partial charge < -0.3 is 4.98 Å². The highest BCUT2D eigenvalue weighted by Crippen LogP contribution is 2.28. The number of aromatic nitrogens is 2. The van der Waals surface area contributed by atoms with Gasteiger partial charge in [0.1, 0.15) is 0 Å². The second kappa shape index (κ2) is 5.00. The standard InChI is InChI=1S/C16H16N2O2S/c1-11-3-5-15-13(7-11)14(9-18-15)16-6-4-12(8-17-16)10-21(2,19)20/h3-9,18H,10H2,1-2H3. The van der Waals surface area contributed by atoms with Gasteiger partial charge in [0.05, 0.1) is 11.4 Å². The van der Waals surface area contributed by atoms with E-state index >= 15 is 0 Å². The van der Waals surface area contributed by atoms with Crippen molar-refractivity contribution < 1.29 is 8.42 Å². The van der Waals surface area contributed by atoms with Crippen molar-refractivity contribution in [2.45, 2.75) is 12.7 Å². The van der Waals surface area contributed by atoms with Crippen molar-refractivity contribution in [3.8, 4) is 11.3 Å². The zero-order chi connectivity index (χ0) is 15.0. The molecular weight excluding hydrogens is 284 g/mol. The van der Waals surface area contributed by atoms with Crippen LogP contribution in [0, 0.1) is 6.92 Å². The number of hydrogen-bond donors (Lipinski definition) is 1. The molecule has 0 saturated carbocycles. The maximum absolute atomic E-state index is 11.3. The van der Waals surface area contributed by atoms with Gasteiger partial charge >= 0.3 is 0 Å². The Balaban J connectivity index is 2.01. The number of hydrogen-bond acceptors (Lipinski definition) is 3. The molecular formula is C16H16N2O2S. The summed E-state index contributed by atoms with van der Waals surface area (Å²) >= 11 is 0. The molecule has 21 heavy (non-hydrogen) atoms. The summed E-state index contributed by atoms with van der Waals surface area (Å²) in [7, 11) is -3.03. The van der Waals surface area contributed by atoms with Gasteiger partial charge in [0.2, 0.25) is 0 Å². The van der Waals surface area contributed by atoms with Gasteiger partial charge in [0.25, 0.3) is 0 Å². The summed E-state index contributed by atoms with van der Waals surface area (Å²) in [6, 6.07) is 9.91. The number of fused-ring (bicyclic) bond motifs is 1. The van der Waals surface area contributed by atoms with E-state index in [0.717, 1.165) is 22.2 Å². The summed E-state index contributed by atoms with van der Waals surface area (Å²) < 4.78 is 22.6. The van der Waals surface area contributed by atoms with Crippen LogP contribution in [0.2, 0.25) is 0 Å². The molecule has 2 heterocycles. The fraction of sp³-hybridized carbons (Fsp3) is 0.188. The molecule has 0 radical (unpaired) electrons. The number of nitrogens with one attached hydrogen (secondary N) is 1. The zero-order valence-electron chi connectivity index (χ0n) is 11.9. The van der Waals surface area contributed by atoms with Gasteiger partial charge in [-0.25, -0.2) is 8.42 Å². The summed E-state index contributed by atoms with van der Waals surface area (Å²) in [5.41, 5.74) is 4.83. The predicted molar refractivity (Wildman–Crippen MR) is 84.8 cm³/mol. The van der Waals surface area contributed by atoms with Crippen LogP contribution in [0.1, 0.15) is 11.1 Å². The molecule has 1 N–H and O–H groups in total. The van der Waals surface area contributed by atoms with Gasteiger partial charge in [-0.15, -0.1) is 0 Å². The van der Waals surface area contributed by atoms with Crippen molar-refractivity contribution in [3.63, 3.8) is 0 Å². The van der Waals surface area contributed by atoms with Crippen molar-refractivity contribution in [1.29, 1.82) is 0 Å². The molecule has 5 heteroatoms. The lowest BCUT2D eigenvalue weighted by Crippen LogP contribution is -2.01. The number of sulfone groups is 1. The van der Waals surface area contributed by atoms with Crippen molar-refractivity contribution in [1.82, 2.24) is 9.97 Å². The van der Waals surface area contributed by atoms with Crippen LogP contribution in [0.25, 0.3) is 22.2 Å². The Morgan fingerprint density at radius 2 is 2.00 bits per heavy atom. The summed E-state index contributed by atoms with van der Waals surface area (Å²) in [5.74, 6) is 0.0211. The molecule has 0 bridgehead atoms.